The number of nitrogens with zero attached hydrogens (tertiary/aromatic N) is 4. The summed E-state index contributed by atoms with van der Waals surface area (Å²) in [5, 5.41) is 9.60. The van der Waals surface area contributed by atoms with Gasteiger partial charge in [0, 0.05) is 31.3 Å². The van der Waals surface area contributed by atoms with Gasteiger partial charge in [0.2, 0.25) is 5.89 Å². The lowest BCUT2D eigenvalue weighted by atomic mass is 9.82. The van der Waals surface area contributed by atoms with Crippen molar-refractivity contribution in [2.45, 2.75) is 46.5 Å². The third-order valence-electron chi connectivity index (χ3n) is 6.86. The number of halogens is 1. The monoisotopic (exact) mass is 476 g/mol. The number of fused-ring (bicyclic) bond motifs is 1. The Kier molecular flexibility index (Phi) is 5.83. The Morgan fingerprint density at radius 3 is 2.60 bits per heavy atom. The summed E-state index contributed by atoms with van der Waals surface area (Å²) in [4.78, 5) is 23.2. The fourth-order valence-electron chi connectivity index (χ4n) is 4.72. The van der Waals surface area contributed by atoms with Gasteiger partial charge in [-0.25, -0.2) is 14.4 Å². The number of rotatable bonds is 6. The molecule has 8 heteroatoms. The van der Waals surface area contributed by atoms with E-state index in [1.54, 1.807) is 18.3 Å². The fourth-order valence-corrected chi connectivity index (χ4v) is 4.72. The molecule has 3 aromatic heterocycles. The van der Waals surface area contributed by atoms with Gasteiger partial charge in [-0.2, -0.15) is 0 Å². The first-order valence-electron chi connectivity index (χ1n) is 11.9. The molecule has 0 spiro atoms. The minimum Gasteiger partial charge on any atom is -0.481 e. The fraction of sp³-hybridized carbons (Fsp3) is 0.370. The average molecular weight is 477 g/mol. The number of piperidine rings is 1. The molecule has 1 saturated heterocycles. The number of imidazole rings is 1. The van der Waals surface area contributed by atoms with Crippen molar-refractivity contribution < 1.29 is 18.7 Å². The van der Waals surface area contributed by atoms with Gasteiger partial charge in [-0.05, 0) is 54.5 Å². The van der Waals surface area contributed by atoms with E-state index in [1.165, 1.54) is 12.1 Å². The zero-order chi connectivity index (χ0) is 24.7. The van der Waals surface area contributed by atoms with Crippen LogP contribution in [-0.2, 0) is 17.6 Å². The van der Waals surface area contributed by atoms with Crippen molar-refractivity contribution in [2.75, 3.05) is 18.0 Å². The predicted molar refractivity (Wildman–Crippen MR) is 131 cm³/mol. The summed E-state index contributed by atoms with van der Waals surface area (Å²) in [5.74, 6) is 0.806. The number of carboxylic acids is 1. The van der Waals surface area contributed by atoms with Crippen LogP contribution in [0.15, 0.2) is 47.1 Å². The van der Waals surface area contributed by atoms with Gasteiger partial charge in [0.15, 0.2) is 0 Å². The molecule has 1 aliphatic rings. The Hall–Kier alpha value is -3.68. The Morgan fingerprint density at radius 2 is 1.91 bits per heavy atom. The van der Waals surface area contributed by atoms with E-state index in [-0.39, 0.29) is 17.7 Å². The number of oxazole rings is 1. The van der Waals surface area contributed by atoms with Crippen molar-refractivity contribution in [3.8, 4) is 11.6 Å². The first kappa shape index (κ1) is 23.1. The van der Waals surface area contributed by atoms with Crippen molar-refractivity contribution in [3.63, 3.8) is 0 Å². The average Bonchev–Trinajstić information content (AvgIpc) is 3.43. The maximum absolute atomic E-state index is 13.2. The maximum atomic E-state index is 13.2. The first-order valence-corrected chi connectivity index (χ1v) is 11.9. The van der Waals surface area contributed by atoms with Crippen LogP contribution in [0.1, 0.15) is 49.1 Å². The molecule has 5 rings (SSSR count). The zero-order valence-electron chi connectivity index (χ0n) is 20.2. The molecule has 0 amide bonds. The molecule has 0 atom stereocenters. The van der Waals surface area contributed by atoms with Gasteiger partial charge in [0.25, 0.3) is 0 Å². The molecule has 1 N–H and O–H groups in total. The number of hydrogen-bond donors (Lipinski definition) is 1. The van der Waals surface area contributed by atoms with E-state index in [0.717, 1.165) is 54.1 Å². The topological polar surface area (TPSA) is 83.9 Å². The van der Waals surface area contributed by atoms with Crippen molar-refractivity contribution in [1.29, 1.82) is 0 Å². The lowest BCUT2D eigenvalue weighted by Crippen LogP contribution is -2.39. The molecule has 0 bridgehead atoms. The summed E-state index contributed by atoms with van der Waals surface area (Å²) in [6.45, 7) is 8.19. The van der Waals surface area contributed by atoms with Crippen molar-refractivity contribution in [2.24, 2.45) is 5.41 Å². The van der Waals surface area contributed by atoms with Crippen LogP contribution in [0.3, 0.4) is 0 Å². The number of aromatic nitrogens is 3. The lowest BCUT2D eigenvalue weighted by Gasteiger charge is -2.39. The van der Waals surface area contributed by atoms with E-state index in [4.69, 9.17) is 9.40 Å². The Labute approximate surface area is 203 Å². The predicted octanol–water partition coefficient (Wildman–Crippen LogP) is 5.28. The number of carboxylic acid groups (broad SMARTS) is 1. The molecule has 1 aliphatic heterocycles. The van der Waals surface area contributed by atoms with E-state index in [2.05, 4.69) is 23.7 Å². The SMILES string of the molecule is Cc1cc2nc(-c3ncc(Cc4ccc(F)cc4)o3)cn2c(N2CCC(C)(C)CC2)c1CC(=O)O. The van der Waals surface area contributed by atoms with Crippen LogP contribution in [-0.4, -0.2) is 38.5 Å². The van der Waals surface area contributed by atoms with Gasteiger partial charge in [0.05, 0.1) is 12.6 Å². The standard InChI is InChI=1S/C27H29FN4O3/c1-17-12-23-30-22(25-29-15-20(35-25)13-18-4-6-19(28)7-5-18)16-32(23)26(21(17)14-24(33)34)31-10-8-27(2,3)9-11-31/h4-7,12,15-16H,8-11,13-14H2,1-3H3,(H,33,34). The molecule has 4 aromatic rings. The van der Waals surface area contributed by atoms with E-state index in [9.17, 15) is 14.3 Å². The van der Waals surface area contributed by atoms with E-state index >= 15 is 0 Å². The first-order chi connectivity index (χ1) is 16.7. The van der Waals surface area contributed by atoms with Crippen LogP contribution in [0.25, 0.3) is 17.2 Å². The molecule has 0 saturated carbocycles. The molecule has 0 aliphatic carbocycles. The third kappa shape index (κ3) is 4.78. The highest BCUT2D eigenvalue weighted by Gasteiger charge is 2.29. The highest BCUT2D eigenvalue weighted by Crippen LogP contribution is 2.36. The molecule has 1 fully saturated rings. The number of anilines is 1. The molecule has 4 heterocycles. The van der Waals surface area contributed by atoms with Crippen LogP contribution >= 0.6 is 0 Å². The Bertz CT molecular complexity index is 1380. The van der Waals surface area contributed by atoms with E-state index in [0.29, 0.717) is 23.8 Å². The van der Waals surface area contributed by atoms with Crippen LogP contribution < -0.4 is 4.90 Å². The molecule has 0 unspecified atom stereocenters. The van der Waals surface area contributed by atoms with Gasteiger partial charge in [0.1, 0.15) is 28.7 Å². The second-order valence-corrected chi connectivity index (χ2v) is 10.1. The molecule has 35 heavy (non-hydrogen) atoms. The van der Waals surface area contributed by atoms with Gasteiger partial charge in [-0.1, -0.05) is 26.0 Å². The number of benzene rings is 1. The normalized spacial score (nSPS) is 15.6. The number of carbonyl (C=O) groups is 1. The maximum Gasteiger partial charge on any atom is 0.307 e. The quantitative estimate of drug-likeness (QED) is 0.408. The Balaban J connectivity index is 1.52. The summed E-state index contributed by atoms with van der Waals surface area (Å²) >= 11 is 0. The second kappa shape index (κ2) is 8.83. The van der Waals surface area contributed by atoms with Gasteiger partial charge < -0.3 is 14.4 Å². The number of hydrogen-bond acceptors (Lipinski definition) is 5. The highest BCUT2D eigenvalue weighted by atomic mass is 19.1. The van der Waals surface area contributed by atoms with Gasteiger partial charge >= 0.3 is 5.97 Å². The van der Waals surface area contributed by atoms with Crippen molar-refractivity contribution >= 4 is 17.4 Å². The van der Waals surface area contributed by atoms with E-state index < -0.39 is 5.97 Å². The second-order valence-electron chi connectivity index (χ2n) is 10.1. The van der Waals surface area contributed by atoms with Crippen molar-refractivity contribution in [1.82, 2.24) is 14.4 Å². The van der Waals surface area contributed by atoms with Crippen LogP contribution in [0.5, 0.6) is 0 Å². The summed E-state index contributed by atoms with van der Waals surface area (Å²) in [7, 11) is 0. The minimum absolute atomic E-state index is 0.0503. The summed E-state index contributed by atoms with van der Waals surface area (Å²) in [5.41, 5.74) is 4.21. The molecule has 7 nitrogen and oxygen atoms in total. The molecule has 182 valence electrons. The third-order valence-corrected chi connectivity index (χ3v) is 6.86. The van der Waals surface area contributed by atoms with Crippen LogP contribution in [0.2, 0.25) is 0 Å². The van der Waals surface area contributed by atoms with Crippen molar-refractivity contribution in [3.05, 3.63) is 71.0 Å². The van der Waals surface area contributed by atoms with Gasteiger partial charge in [-0.15, -0.1) is 0 Å². The highest BCUT2D eigenvalue weighted by molar-refractivity contribution is 5.75. The molecule has 1 aromatic carbocycles. The number of aliphatic carboxylic acids is 1. The van der Waals surface area contributed by atoms with Crippen LogP contribution in [0, 0.1) is 18.2 Å². The summed E-state index contributed by atoms with van der Waals surface area (Å²) < 4.78 is 21.2. The minimum atomic E-state index is -0.857. The summed E-state index contributed by atoms with van der Waals surface area (Å²) in [6, 6.07) is 8.22. The number of pyridine rings is 1. The van der Waals surface area contributed by atoms with E-state index in [1.807, 2.05) is 23.6 Å². The number of aryl methyl sites for hydroxylation is 1. The molecular formula is C27H29FN4O3. The lowest BCUT2D eigenvalue weighted by molar-refractivity contribution is -0.136. The molecule has 0 radical (unpaired) electrons. The smallest absolute Gasteiger partial charge is 0.307 e. The van der Waals surface area contributed by atoms with Gasteiger partial charge in [-0.3, -0.25) is 9.20 Å². The summed E-state index contributed by atoms with van der Waals surface area (Å²) in [6.07, 6.45) is 6.05. The Morgan fingerprint density at radius 1 is 1.20 bits per heavy atom. The van der Waals surface area contributed by atoms with Crippen LogP contribution in [0.4, 0.5) is 10.2 Å². The molecular weight excluding hydrogens is 447 g/mol. The largest absolute Gasteiger partial charge is 0.481 e. The zero-order valence-corrected chi connectivity index (χ0v) is 20.2.